The third-order valence-electron chi connectivity index (χ3n) is 4.23. The monoisotopic (exact) mass is 367 g/mol. The Kier molecular flexibility index (Phi) is 5.52. The number of aryl methyl sites for hydroxylation is 1. The predicted octanol–water partition coefficient (Wildman–Crippen LogP) is 1.96. The first-order chi connectivity index (χ1) is 13.0. The topological polar surface area (TPSA) is 87.7 Å². The Morgan fingerprint density at radius 3 is 2.41 bits per heavy atom. The van der Waals surface area contributed by atoms with Crippen molar-refractivity contribution in [3.63, 3.8) is 0 Å². The van der Waals surface area contributed by atoms with Crippen LogP contribution < -0.4 is 20.5 Å². The number of rotatable bonds is 6. The van der Waals surface area contributed by atoms with Crippen molar-refractivity contribution < 1.29 is 19.1 Å². The molecule has 0 unspecified atom stereocenters. The van der Waals surface area contributed by atoms with Crippen molar-refractivity contribution in [2.75, 3.05) is 11.5 Å². The van der Waals surface area contributed by atoms with Crippen molar-refractivity contribution in [1.82, 2.24) is 10.9 Å². The van der Waals surface area contributed by atoms with Gasteiger partial charge in [0.25, 0.3) is 11.8 Å². The summed E-state index contributed by atoms with van der Waals surface area (Å²) >= 11 is 0. The number of carbonyl (C=O) groups is 3. The maximum Gasteiger partial charge on any atom is 0.265 e. The number of imide groups is 1. The van der Waals surface area contributed by atoms with E-state index in [-0.39, 0.29) is 18.2 Å². The van der Waals surface area contributed by atoms with Gasteiger partial charge in [-0.3, -0.25) is 19.8 Å². The SMILES string of the molecule is CCOc1ccc(N2C(=O)C[C@@H](NNC(=O)c3ccc(C)cc3)C2=O)cc1. The van der Waals surface area contributed by atoms with Crippen LogP contribution >= 0.6 is 0 Å². The first kappa shape index (κ1) is 18.6. The molecule has 2 aromatic carbocycles. The number of benzene rings is 2. The quantitative estimate of drug-likeness (QED) is 0.602. The highest BCUT2D eigenvalue weighted by Gasteiger charge is 2.39. The maximum absolute atomic E-state index is 12.6. The zero-order valence-corrected chi connectivity index (χ0v) is 15.2. The highest BCUT2D eigenvalue weighted by molar-refractivity contribution is 6.22. The van der Waals surface area contributed by atoms with Gasteiger partial charge in [0.2, 0.25) is 5.91 Å². The molecule has 1 aliphatic heterocycles. The second-order valence-electron chi connectivity index (χ2n) is 6.22. The standard InChI is InChI=1S/C20H21N3O4/c1-3-27-16-10-8-15(9-11-16)23-18(24)12-17(20(23)26)21-22-19(25)14-6-4-13(2)5-7-14/h4-11,17,21H,3,12H2,1-2H3,(H,22,25)/t17-/m1/s1. The summed E-state index contributed by atoms with van der Waals surface area (Å²) in [4.78, 5) is 38.1. The molecule has 0 spiro atoms. The van der Waals surface area contributed by atoms with Crippen molar-refractivity contribution >= 4 is 23.4 Å². The lowest BCUT2D eigenvalue weighted by atomic mass is 10.1. The molecule has 27 heavy (non-hydrogen) atoms. The Morgan fingerprint density at radius 2 is 1.78 bits per heavy atom. The molecule has 0 aliphatic carbocycles. The number of hydrazine groups is 1. The van der Waals surface area contributed by atoms with Gasteiger partial charge in [0.05, 0.1) is 18.7 Å². The second kappa shape index (κ2) is 8.01. The molecule has 2 N–H and O–H groups in total. The largest absolute Gasteiger partial charge is 0.494 e. The van der Waals surface area contributed by atoms with E-state index in [1.54, 1.807) is 36.4 Å². The Morgan fingerprint density at radius 1 is 1.11 bits per heavy atom. The fourth-order valence-corrected chi connectivity index (χ4v) is 2.80. The van der Waals surface area contributed by atoms with E-state index in [1.165, 1.54) is 0 Å². The predicted molar refractivity (Wildman–Crippen MR) is 100 cm³/mol. The van der Waals surface area contributed by atoms with Crippen LogP contribution in [0.3, 0.4) is 0 Å². The van der Waals surface area contributed by atoms with Gasteiger partial charge in [-0.2, -0.15) is 0 Å². The highest BCUT2D eigenvalue weighted by Crippen LogP contribution is 2.25. The van der Waals surface area contributed by atoms with Gasteiger partial charge in [-0.15, -0.1) is 0 Å². The normalized spacial score (nSPS) is 16.5. The number of nitrogens with zero attached hydrogens (tertiary/aromatic N) is 1. The number of anilines is 1. The molecule has 3 rings (SSSR count). The molecule has 3 amide bonds. The lowest BCUT2D eigenvalue weighted by molar-refractivity contribution is -0.121. The second-order valence-corrected chi connectivity index (χ2v) is 6.22. The van der Waals surface area contributed by atoms with E-state index in [2.05, 4.69) is 10.9 Å². The number of nitrogens with one attached hydrogen (secondary N) is 2. The maximum atomic E-state index is 12.6. The van der Waals surface area contributed by atoms with Gasteiger partial charge in [-0.25, -0.2) is 10.3 Å². The van der Waals surface area contributed by atoms with Crippen molar-refractivity contribution in [1.29, 1.82) is 0 Å². The molecular formula is C20H21N3O4. The Hall–Kier alpha value is -3.19. The third-order valence-corrected chi connectivity index (χ3v) is 4.23. The number of hydrogen-bond acceptors (Lipinski definition) is 5. The van der Waals surface area contributed by atoms with Crippen LogP contribution in [0.15, 0.2) is 48.5 Å². The van der Waals surface area contributed by atoms with Crippen molar-refractivity contribution in [2.24, 2.45) is 0 Å². The summed E-state index contributed by atoms with van der Waals surface area (Å²) < 4.78 is 5.36. The number of carbonyl (C=O) groups excluding carboxylic acids is 3. The summed E-state index contributed by atoms with van der Waals surface area (Å²) in [5.74, 6) is -0.435. The van der Waals surface area contributed by atoms with Crippen LogP contribution in [0.1, 0.15) is 29.3 Å². The van der Waals surface area contributed by atoms with Crippen LogP contribution in [-0.4, -0.2) is 30.4 Å². The van der Waals surface area contributed by atoms with E-state index in [4.69, 9.17) is 4.74 Å². The van der Waals surface area contributed by atoms with E-state index < -0.39 is 11.9 Å². The molecule has 2 aromatic rings. The van der Waals surface area contributed by atoms with Gasteiger partial charge in [0, 0.05) is 5.56 Å². The summed E-state index contributed by atoms with van der Waals surface area (Å²) in [6.07, 6.45) is -0.0276. The fourth-order valence-electron chi connectivity index (χ4n) is 2.80. The zero-order valence-electron chi connectivity index (χ0n) is 15.2. The molecule has 0 aromatic heterocycles. The van der Waals surface area contributed by atoms with E-state index in [1.807, 2.05) is 26.0 Å². The van der Waals surface area contributed by atoms with Gasteiger partial charge in [-0.1, -0.05) is 17.7 Å². The lowest BCUT2D eigenvalue weighted by Gasteiger charge is -2.16. The molecule has 0 saturated carbocycles. The minimum atomic E-state index is -0.807. The van der Waals surface area contributed by atoms with E-state index in [0.29, 0.717) is 23.6 Å². The minimum Gasteiger partial charge on any atom is -0.494 e. The first-order valence-electron chi connectivity index (χ1n) is 8.71. The molecule has 1 aliphatic rings. The van der Waals surface area contributed by atoms with Crippen LogP contribution in [0.4, 0.5) is 5.69 Å². The number of ether oxygens (including phenoxy) is 1. The van der Waals surface area contributed by atoms with Crippen LogP contribution in [0.5, 0.6) is 5.75 Å². The van der Waals surface area contributed by atoms with Crippen molar-refractivity contribution in [3.05, 3.63) is 59.7 Å². The van der Waals surface area contributed by atoms with E-state index in [0.717, 1.165) is 10.5 Å². The molecule has 1 atom stereocenters. The molecule has 140 valence electrons. The summed E-state index contributed by atoms with van der Waals surface area (Å²) in [5.41, 5.74) is 7.15. The average molecular weight is 367 g/mol. The van der Waals surface area contributed by atoms with Gasteiger partial charge in [0.15, 0.2) is 0 Å². The average Bonchev–Trinajstić information content (AvgIpc) is 2.95. The van der Waals surface area contributed by atoms with Gasteiger partial charge in [-0.05, 0) is 50.2 Å². The van der Waals surface area contributed by atoms with Crippen LogP contribution in [0.2, 0.25) is 0 Å². The minimum absolute atomic E-state index is 0.0276. The van der Waals surface area contributed by atoms with Crippen molar-refractivity contribution in [2.45, 2.75) is 26.3 Å². The molecule has 1 heterocycles. The molecule has 1 fully saturated rings. The Bertz CT molecular complexity index is 847. The Balaban J connectivity index is 1.63. The van der Waals surface area contributed by atoms with Gasteiger partial charge in [0.1, 0.15) is 11.8 Å². The van der Waals surface area contributed by atoms with Gasteiger partial charge >= 0.3 is 0 Å². The fraction of sp³-hybridized carbons (Fsp3) is 0.250. The summed E-state index contributed by atoms with van der Waals surface area (Å²) in [6.45, 7) is 4.34. The number of hydrogen-bond donors (Lipinski definition) is 2. The lowest BCUT2D eigenvalue weighted by Crippen LogP contribution is -2.48. The van der Waals surface area contributed by atoms with Crippen LogP contribution in [0.25, 0.3) is 0 Å². The third kappa shape index (κ3) is 4.15. The first-order valence-corrected chi connectivity index (χ1v) is 8.71. The van der Waals surface area contributed by atoms with Crippen LogP contribution in [0, 0.1) is 6.92 Å². The van der Waals surface area contributed by atoms with Gasteiger partial charge < -0.3 is 4.74 Å². The zero-order chi connectivity index (χ0) is 19.4. The smallest absolute Gasteiger partial charge is 0.265 e. The molecular weight excluding hydrogens is 346 g/mol. The summed E-state index contributed by atoms with van der Waals surface area (Å²) in [6, 6.07) is 13.0. The summed E-state index contributed by atoms with van der Waals surface area (Å²) in [7, 11) is 0. The van der Waals surface area contributed by atoms with E-state index >= 15 is 0 Å². The molecule has 0 radical (unpaired) electrons. The molecule has 7 heteroatoms. The number of amides is 3. The van der Waals surface area contributed by atoms with E-state index in [9.17, 15) is 14.4 Å². The molecule has 0 bridgehead atoms. The molecule has 7 nitrogen and oxygen atoms in total. The molecule has 1 saturated heterocycles. The summed E-state index contributed by atoms with van der Waals surface area (Å²) in [5, 5.41) is 0. The van der Waals surface area contributed by atoms with Crippen LogP contribution in [-0.2, 0) is 9.59 Å². The highest BCUT2D eigenvalue weighted by atomic mass is 16.5. The Labute approximate surface area is 157 Å². The van der Waals surface area contributed by atoms with Crippen molar-refractivity contribution in [3.8, 4) is 5.75 Å².